The summed E-state index contributed by atoms with van der Waals surface area (Å²) in [6.07, 6.45) is 2.28. The number of methoxy groups -OCH3 is 1. The van der Waals surface area contributed by atoms with Gasteiger partial charge in [-0.1, -0.05) is 12.1 Å². The SMILES string of the molecule is COc1ccc(COC/C(C)=C/C=O)cc1. The van der Waals surface area contributed by atoms with E-state index in [1.54, 1.807) is 7.11 Å². The quantitative estimate of drug-likeness (QED) is 0.545. The molecule has 0 saturated heterocycles. The highest BCUT2D eigenvalue weighted by atomic mass is 16.5. The van der Waals surface area contributed by atoms with Gasteiger partial charge in [0.2, 0.25) is 0 Å². The Labute approximate surface area is 95.7 Å². The number of carbonyl (C=O) groups excluding carboxylic acids is 1. The maximum absolute atomic E-state index is 10.2. The molecule has 3 heteroatoms. The van der Waals surface area contributed by atoms with Crippen molar-refractivity contribution in [3.05, 3.63) is 41.5 Å². The van der Waals surface area contributed by atoms with Gasteiger partial charge in [0, 0.05) is 0 Å². The van der Waals surface area contributed by atoms with E-state index in [1.165, 1.54) is 6.08 Å². The van der Waals surface area contributed by atoms with Gasteiger partial charge in [0.1, 0.15) is 12.0 Å². The molecule has 0 unspecified atom stereocenters. The minimum absolute atomic E-state index is 0.477. The Hall–Kier alpha value is -1.61. The predicted octanol–water partition coefficient (Wildman–Crippen LogP) is 2.36. The van der Waals surface area contributed by atoms with Crippen LogP contribution in [0.5, 0.6) is 5.75 Å². The molecule has 0 atom stereocenters. The van der Waals surface area contributed by atoms with Crippen LogP contribution in [-0.4, -0.2) is 20.0 Å². The molecule has 0 spiro atoms. The van der Waals surface area contributed by atoms with Crippen molar-refractivity contribution in [1.82, 2.24) is 0 Å². The first-order valence-electron chi connectivity index (χ1n) is 5.08. The third-order valence-electron chi connectivity index (χ3n) is 2.11. The van der Waals surface area contributed by atoms with Crippen LogP contribution in [0.25, 0.3) is 0 Å². The van der Waals surface area contributed by atoms with Gasteiger partial charge in [-0.25, -0.2) is 0 Å². The van der Waals surface area contributed by atoms with Crippen molar-refractivity contribution in [1.29, 1.82) is 0 Å². The van der Waals surface area contributed by atoms with Gasteiger partial charge in [-0.3, -0.25) is 4.79 Å². The molecule has 1 aromatic rings. The second-order valence-electron chi connectivity index (χ2n) is 3.49. The number of allylic oxidation sites excluding steroid dienone is 1. The Kier molecular flexibility index (Phi) is 5.29. The Morgan fingerprint density at radius 2 is 2.00 bits per heavy atom. The molecular weight excluding hydrogens is 204 g/mol. The van der Waals surface area contributed by atoms with Crippen LogP contribution in [0.4, 0.5) is 0 Å². The fraction of sp³-hybridized carbons (Fsp3) is 0.308. The summed E-state index contributed by atoms with van der Waals surface area (Å²) in [7, 11) is 1.64. The number of hydrogen-bond donors (Lipinski definition) is 0. The van der Waals surface area contributed by atoms with Gasteiger partial charge in [-0.2, -0.15) is 0 Å². The summed E-state index contributed by atoms with van der Waals surface area (Å²) in [4.78, 5) is 10.2. The standard InChI is InChI=1S/C13H16O3/c1-11(7-8-14)9-16-10-12-3-5-13(15-2)6-4-12/h3-8H,9-10H2,1-2H3/b11-7+. The average molecular weight is 220 g/mol. The fourth-order valence-electron chi connectivity index (χ4n) is 1.22. The van der Waals surface area contributed by atoms with E-state index in [0.29, 0.717) is 13.2 Å². The Bertz CT molecular complexity index is 352. The molecule has 0 N–H and O–H groups in total. The van der Waals surface area contributed by atoms with Gasteiger partial charge in [-0.05, 0) is 36.3 Å². The molecule has 0 fully saturated rings. The van der Waals surface area contributed by atoms with Crippen LogP contribution in [0.1, 0.15) is 12.5 Å². The van der Waals surface area contributed by atoms with Gasteiger partial charge in [0.25, 0.3) is 0 Å². The lowest BCUT2D eigenvalue weighted by Crippen LogP contribution is -1.97. The summed E-state index contributed by atoms with van der Waals surface area (Å²) in [5.74, 6) is 0.834. The molecule has 0 aliphatic carbocycles. The molecule has 3 nitrogen and oxygen atoms in total. The smallest absolute Gasteiger partial charge is 0.142 e. The van der Waals surface area contributed by atoms with Crippen LogP contribution in [0.3, 0.4) is 0 Å². The first-order chi connectivity index (χ1) is 7.76. The van der Waals surface area contributed by atoms with Gasteiger partial charge < -0.3 is 9.47 Å². The third kappa shape index (κ3) is 4.28. The number of hydrogen-bond acceptors (Lipinski definition) is 3. The van der Waals surface area contributed by atoms with Crippen molar-refractivity contribution in [3.63, 3.8) is 0 Å². The van der Waals surface area contributed by atoms with Crippen molar-refractivity contribution in [2.24, 2.45) is 0 Å². The van der Waals surface area contributed by atoms with E-state index in [0.717, 1.165) is 23.2 Å². The first-order valence-corrected chi connectivity index (χ1v) is 5.08. The second-order valence-corrected chi connectivity index (χ2v) is 3.49. The van der Waals surface area contributed by atoms with Crippen LogP contribution in [0.2, 0.25) is 0 Å². The molecule has 0 amide bonds. The first kappa shape index (κ1) is 12.5. The molecule has 0 aliphatic rings. The van der Waals surface area contributed by atoms with Crippen molar-refractivity contribution in [3.8, 4) is 5.75 Å². The molecular formula is C13H16O3. The summed E-state index contributed by atoms with van der Waals surface area (Å²) in [5.41, 5.74) is 2.00. The van der Waals surface area contributed by atoms with Crippen LogP contribution < -0.4 is 4.74 Å². The van der Waals surface area contributed by atoms with Gasteiger partial charge in [-0.15, -0.1) is 0 Å². The third-order valence-corrected chi connectivity index (χ3v) is 2.11. The fourth-order valence-corrected chi connectivity index (χ4v) is 1.22. The maximum atomic E-state index is 10.2. The predicted molar refractivity (Wildman–Crippen MR) is 62.5 cm³/mol. The number of aldehydes is 1. The molecule has 0 aliphatic heterocycles. The zero-order chi connectivity index (χ0) is 11.8. The summed E-state index contributed by atoms with van der Waals surface area (Å²) in [5, 5.41) is 0. The normalized spacial score (nSPS) is 11.2. The lowest BCUT2D eigenvalue weighted by Gasteiger charge is -2.05. The summed E-state index contributed by atoms with van der Waals surface area (Å²) < 4.78 is 10.5. The Morgan fingerprint density at radius 1 is 1.31 bits per heavy atom. The van der Waals surface area contributed by atoms with Crippen molar-refractivity contribution in [2.75, 3.05) is 13.7 Å². The molecule has 0 radical (unpaired) electrons. The molecule has 16 heavy (non-hydrogen) atoms. The van der Waals surface area contributed by atoms with Crippen LogP contribution >= 0.6 is 0 Å². The minimum Gasteiger partial charge on any atom is -0.497 e. The lowest BCUT2D eigenvalue weighted by molar-refractivity contribution is -0.104. The van der Waals surface area contributed by atoms with Gasteiger partial charge >= 0.3 is 0 Å². The molecule has 1 aromatic carbocycles. The summed E-state index contributed by atoms with van der Waals surface area (Å²) >= 11 is 0. The van der Waals surface area contributed by atoms with Gasteiger partial charge in [0.05, 0.1) is 20.3 Å². The molecule has 0 aromatic heterocycles. The molecule has 1 rings (SSSR count). The van der Waals surface area contributed by atoms with Gasteiger partial charge in [0.15, 0.2) is 0 Å². The number of ether oxygens (including phenoxy) is 2. The molecule has 0 bridgehead atoms. The van der Waals surface area contributed by atoms with E-state index in [2.05, 4.69) is 0 Å². The van der Waals surface area contributed by atoms with Crippen molar-refractivity contribution < 1.29 is 14.3 Å². The second kappa shape index (κ2) is 6.80. The summed E-state index contributed by atoms with van der Waals surface area (Å²) in [6.45, 7) is 2.88. The average Bonchev–Trinajstić information content (AvgIpc) is 2.30. The number of benzene rings is 1. The highest BCUT2D eigenvalue weighted by Crippen LogP contribution is 2.12. The van der Waals surface area contributed by atoms with E-state index >= 15 is 0 Å². The van der Waals surface area contributed by atoms with Crippen molar-refractivity contribution >= 4 is 6.29 Å². The van der Waals surface area contributed by atoms with E-state index in [9.17, 15) is 4.79 Å². The van der Waals surface area contributed by atoms with Crippen LogP contribution in [0.15, 0.2) is 35.9 Å². The zero-order valence-electron chi connectivity index (χ0n) is 9.60. The van der Waals surface area contributed by atoms with E-state index < -0.39 is 0 Å². The Morgan fingerprint density at radius 3 is 2.56 bits per heavy atom. The molecule has 86 valence electrons. The molecule has 0 heterocycles. The largest absolute Gasteiger partial charge is 0.497 e. The maximum Gasteiger partial charge on any atom is 0.142 e. The summed E-state index contributed by atoms with van der Waals surface area (Å²) in [6, 6.07) is 7.70. The van der Waals surface area contributed by atoms with Crippen LogP contribution in [-0.2, 0) is 16.1 Å². The van der Waals surface area contributed by atoms with Crippen molar-refractivity contribution in [2.45, 2.75) is 13.5 Å². The zero-order valence-corrected chi connectivity index (χ0v) is 9.60. The monoisotopic (exact) mass is 220 g/mol. The highest BCUT2D eigenvalue weighted by molar-refractivity contribution is 5.65. The topological polar surface area (TPSA) is 35.5 Å². The highest BCUT2D eigenvalue weighted by Gasteiger charge is 1.95. The van der Waals surface area contributed by atoms with E-state index in [-0.39, 0.29) is 0 Å². The number of carbonyl (C=O) groups is 1. The lowest BCUT2D eigenvalue weighted by atomic mass is 10.2. The number of rotatable bonds is 6. The van der Waals surface area contributed by atoms with Crippen LogP contribution in [0, 0.1) is 0 Å². The van der Waals surface area contributed by atoms with E-state index in [4.69, 9.17) is 9.47 Å². The van der Waals surface area contributed by atoms with E-state index in [1.807, 2.05) is 31.2 Å². The Balaban J connectivity index is 2.37. The minimum atomic E-state index is 0.477. The molecule has 0 saturated carbocycles.